The molecule has 2 unspecified atom stereocenters. The molecular formula is C14H21N3O. The summed E-state index contributed by atoms with van der Waals surface area (Å²) < 4.78 is 0. The first-order chi connectivity index (χ1) is 8.65. The summed E-state index contributed by atoms with van der Waals surface area (Å²) in [5, 5.41) is 6.46. The van der Waals surface area contributed by atoms with E-state index in [9.17, 15) is 4.79 Å². The molecule has 0 aliphatic carbocycles. The standard InChI is InChI=1S/C14H21N3O/c1-10-8-15-6-5-13(10)17-14(18)7-12-4-3-11(2)16-9-12/h3-4,9-10,13,15H,5-8H2,1-2H3,(H,17,18). The van der Waals surface area contributed by atoms with E-state index in [-0.39, 0.29) is 5.91 Å². The van der Waals surface area contributed by atoms with Crippen molar-refractivity contribution in [2.45, 2.75) is 32.7 Å². The van der Waals surface area contributed by atoms with Gasteiger partial charge in [0.25, 0.3) is 0 Å². The van der Waals surface area contributed by atoms with Crippen LogP contribution in [-0.4, -0.2) is 30.0 Å². The molecule has 18 heavy (non-hydrogen) atoms. The maximum atomic E-state index is 12.0. The first kappa shape index (κ1) is 13.0. The van der Waals surface area contributed by atoms with E-state index in [0.29, 0.717) is 18.4 Å². The van der Waals surface area contributed by atoms with Crippen LogP contribution in [0.4, 0.5) is 0 Å². The van der Waals surface area contributed by atoms with Crippen molar-refractivity contribution < 1.29 is 4.79 Å². The maximum Gasteiger partial charge on any atom is 0.224 e. The predicted octanol–water partition coefficient (Wildman–Crippen LogP) is 1.05. The van der Waals surface area contributed by atoms with Gasteiger partial charge in [-0.1, -0.05) is 13.0 Å². The molecular weight excluding hydrogens is 226 g/mol. The van der Waals surface area contributed by atoms with Gasteiger partial charge in [0.1, 0.15) is 0 Å². The molecule has 1 fully saturated rings. The van der Waals surface area contributed by atoms with E-state index in [1.807, 2.05) is 19.1 Å². The fourth-order valence-corrected chi connectivity index (χ4v) is 2.27. The summed E-state index contributed by atoms with van der Waals surface area (Å²) in [6.45, 7) is 6.09. The first-order valence-electron chi connectivity index (χ1n) is 6.57. The van der Waals surface area contributed by atoms with Crippen LogP contribution in [0.5, 0.6) is 0 Å². The lowest BCUT2D eigenvalue weighted by atomic mass is 9.95. The van der Waals surface area contributed by atoms with Gasteiger partial charge in [-0.25, -0.2) is 0 Å². The Morgan fingerprint density at radius 2 is 2.39 bits per heavy atom. The minimum absolute atomic E-state index is 0.0967. The number of nitrogens with one attached hydrogen (secondary N) is 2. The summed E-state index contributed by atoms with van der Waals surface area (Å²) in [7, 11) is 0. The number of amides is 1. The third-order valence-electron chi connectivity index (χ3n) is 3.47. The van der Waals surface area contributed by atoms with Gasteiger partial charge in [-0.2, -0.15) is 0 Å². The highest BCUT2D eigenvalue weighted by Gasteiger charge is 2.22. The van der Waals surface area contributed by atoms with Crippen LogP contribution in [0.15, 0.2) is 18.3 Å². The molecule has 98 valence electrons. The monoisotopic (exact) mass is 247 g/mol. The van der Waals surface area contributed by atoms with Crippen LogP contribution in [-0.2, 0) is 11.2 Å². The van der Waals surface area contributed by atoms with Crippen molar-refractivity contribution in [1.29, 1.82) is 0 Å². The third kappa shape index (κ3) is 3.53. The molecule has 2 rings (SSSR count). The molecule has 1 aromatic heterocycles. The molecule has 2 N–H and O–H groups in total. The molecule has 1 aliphatic rings. The van der Waals surface area contributed by atoms with E-state index in [0.717, 1.165) is 30.8 Å². The van der Waals surface area contributed by atoms with E-state index in [1.54, 1.807) is 6.20 Å². The minimum atomic E-state index is 0.0967. The fraction of sp³-hybridized carbons (Fsp3) is 0.571. The van der Waals surface area contributed by atoms with E-state index in [2.05, 4.69) is 22.5 Å². The van der Waals surface area contributed by atoms with Crippen molar-refractivity contribution in [2.24, 2.45) is 5.92 Å². The van der Waals surface area contributed by atoms with E-state index < -0.39 is 0 Å². The molecule has 4 heteroatoms. The number of piperidine rings is 1. The minimum Gasteiger partial charge on any atom is -0.353 e. The second kappa shape index (κ2) is 5.96. The third-order valence-corrected chi connectivity index (χ3v) is 3.47. The number of nitrogens with zero attached hydrogens (tertiary/aromatic N) is 1. The van der Waals surface area contributed by atoms with Crippen LogP contribution in [0.3, 0.4) is 0 Å². The average molecular weight is 247 g/mol. The Hall–Kier alpha value is -1.42. The Balaban J connectivity index is 1.86. The fourth-order valence-electron chi connectivity index (χ4n) is 2.27. The second-order valence-corrected chi connectivity index (χ2v) is 5.13. The van der Waals surface area contributed by atoms with Crippen molar-refractivity contribution >= 4 is 5.91 Å². The van der Waals surface area contributed by atoms with Crippen molar-refractivity contribution in [2.75, 3.05) is 13.1 Å². The number of aromatic nitrogens is 1. The number of hydrogen-bond donors (Lipinski definition) is 2. The highest BCUT2D eigenvalue weighted by Crippen LogP contribution is 2.10. The maximum absolute atomic E-state index is 12.0. The zero-order valence-corrected chi connectivity index (χ0v) is 11.1. The number of rotatable bonds is 3. The van der Waals surface area contributed by atoms with Crippen LogP contribution in [0.1, 0.15) is 24.6 Å². The van der Waals surface area contributed by atoms with Crippen LogP contribution in [0.25, 0.3) is 0 Å². The van der Waals surface area contributed by atoms with Gasteiger partial charge < -0.3 is 10.6 Å². The molecule has 0 bridgehead atoms. The Kier molecular flexibility index (Phi) is 4.31. The molecule has 1 aliphatic heterocycles. The Bertz CT molecular complexity index is 402. The zero-order valence-electron chi connectivity index (χ0n) is 11.1. The second-order valence-electron chi connectivity index (χ2n) is 5.13. The van der Waals surface area contributed by atoms with Crippen LogP contribution in [0.2, 0.25) is 0 Å². The zero-order chi connectivity index (χ0) is 13.0. The Morgan fingerprint density at radius 1 is 1.56 bits per heavy atom. The SMILES string of the molecule is Cc1ccc(CC(=O)NC2CCNCC2C)cn1. The van der Waals surface area contributed by atoms with Gasteiger partial charge in [0.2, 0.25) is 5.91 Å². The molecule has 0 radical (unpaired) electrons. The summed E-state index contributed by atoms with van der Waals surface area (Å²) in [6.07, 6.45) is 3.21. The first-order valence-corrected chi connectivity index (χ1v) is 6.57. The average Bonchev–Trinajstić information content (AvgIpc) is 2.35. The molecule has 0 spiro atoms. The Labute approximate surface area is 108 Å². The van der Waals surface area contributed by atoms with Gasteiger partial charge in [-0.05, 0) is 44.0 Å². The van der Waals surface area contributed by atoms with Gasteiger partial charge in [-0.3, -0.25) is 9.78 Å². The van der Waals surface area contributed by atoms with Crippen molar-refractivity contribution in [3.63, 3.8) is 0 Å². The molecule has 0 saturated carbocycles. The molecule has 0 aromatic carbocycles. The largest absolute Gasteiger partial charge is 0.353 e. The molecule has 2 heterocycles. The molecule has 1 saturated heterocycles. The lowest BCUT2D eigenvalue weighted by Crippen LogP contribution is -2.48. The van der Waals surface area contributed by atoms with E-state index in [4.69, 9.17) is 0 Å². The quantitative estimate of drug-likeness (QED) is 0.839. The number of carbonyl (C=O) groups is 1. The normalized spacial score (nSPS) is 23.7. The number of carbonyl (C=O) groups excluding carboxylic acids is 1. The Morgan fingerprint density at radius 3 is 3.06 bits per heavy atom. The van der Waals surface area contributed by atoms with Gasteiger partial charge in [0.05, 0.1) is 6.42 Å². The lowest BCUT2D eigenvalue weighted by Gasteiger charge is -2.30. The highest BCUT2D eigenvalue weighted by molar-refractivity contribution is 5.78. The summed E-state index contributed by atoms with van der Waals surface area (Å²) in [5.74, 6) is 0.596. The molecule has 4 nitrogen and oxygen atoms in total. The number of aryl methyl sites for hydroxylation is 1. The molecule has 1 aromatic rings. The van der Waals surface area contributed by atoms with Gasteiger partial charge in [0, 0.05) is 17.9 Å². The van der Waals surface area contributed by atoms with Crippen molar-refractivity contribution in [3.8, 4) is 0 Å². The molecule has 1 amide bonds. The summed E-state index contributed by atoms with van der Waals surface area (Å²) in [6, 6.07) is 4.21. The van der Waals surface area contributed by atoms with E-state index >= 15 is 0 Å². The highest BCUT2D eigenvalue weighted by atomic mass is 16.1. The summed E-state index contributed by atoms with van der Waals surface area (Å²) in [5.41, 5.74) is 1.95. The van der Waals surface area contributed by atoms with Crippen molar-refractivity contribution in [1.82, 2.24) is 15.6 Å². The van der Waals surface area contributed by atoms with Gasteiger partial charge >= 0.3 is 0 Å². The summed E-state index contributed by atoms with van der Waals surface area (Å²) >= 11 is 0. The van der Waals surface area contributed by atoms with Gasteiger partial charge in [0.15, 0.2) is 0 Å². The van der Waals surface area contributed by atoms with E-state index in [1.165, 1.54) is 0 Å². The molecule has 2 atom stereocenters. The topological polar surface area (TPSA) is 54.0 Å². The van der Waals surface area contributed by atoms with Crippen LogP contribution >= 0.6 is 0 Å². The van der Waals surface area contributed by atoms with Crippen LogP contribution < -0.4 is 10.6 Å². The summed E-state index contributed by atoms with van der Waals surface area (Å²) in [4.78, 5) is 16.2. The van der Waals surface area contributed by atoms with Gasteiger partial charge in [-0.15, -0.1) is 0 Å². The van der Waals surface area contributed by atoms with Crippen molar-refractivity contribution in [3.05, 3.63) is 29.6 Å². The van der Waals surface area contributed by atoms with Crippen LogP contribution in [0, 0.1) is 12.8 Å². The number of pyridine rings is 1. The predicted molar refractivity (Wildman–Crippen MR) is 71.3 cm³/mol. The smallest absolute Gasteiger partial charge is 0.224 e. The lowest BCUT2D eigenvalue weighted by molar-refractivity contribution is -0.121. The number of hydrogen-bond acceptors (Lipinski definition) is 3.